The number of nitrogens with one attached hydrogen (secondary N) is 2. The van der Waals surface area contributed by atoms with E-state index in [-0.39, 0.29) is 19.0 Å². The van der Waals surface area contributed by atoms with E-state index in [1.165, 1.54) is 11.9 Å². The summed E-state index contributed by atoms with van der Waals surface area (Å²) in [6.45, 7) is 4.14. The first-order chi connectivity index (χ1) is 8.96. The summed E-state index contributed by atoms with van der Waals surface area (Å²) in [5.74, 6) is -1.79. The zero-order chi connectivity index (χ0) is 14.8. The number of nitrogens with zero attached hydrogens (tertiary/aromatic N) is 1. The summed E-state index contributed by atoms with van der Waals surface area (Å²) in [6, 6.07) is -0.412. The van der Waals surface area contributed by atoms with Crippen LogP contribution in [0.4, 0.5) is 4.79 Å². The Morgan fingerprint density at radius 3 is 2.32 bits per heavy atom. The van der Waals surface area contributed by atoms with Gasteiger partial charge in [-0.2, -0.15) is 0 Å². The average Bonchev–Trinajstić information content (AvgIpc) is 2.38. The molecule has 0 aliphatic heterocycles. The van der Waals surface area contributed by atoms with Crippen LogP contribution in [0.1, 0.15) is 26.7 Å². The predicted octanol–water partition coefficient (Wildman–Crippen LogP) is 0.265. The van der Waals surface area contributed by atoms with Gasteiger partial charge >= 0.3 is 12.0 Å². The van der Waals surface area contributed by atoms with Gasteiger partial charge in [0, 0.05) is 20.1 Å². The molecule has 3 N–H and O–H groups in total. The molecule has 0 aliphatic carbocycles. The quantitative estimate of drug-likeness (QED) is 0.591. The van der Waals surface area contributed by atoms with Crippen LogP contribution in [0, 0.1) is 5.92 Å². The van der Waals surface area contributed by atoms with Crippen LogP contribution in [-0.2, 0) is 9.59 Å². The molecule has 0 aromatic rings. The van der Waals surface area contributed by atoms with E-state index in [2.05, 4.69) is 10.6 Å². The third-order valence-electron chi connectivity index (χ3n) is 2.74. The Labute approximate surface area is 113 Å². The molecule has 110 valence electrons. The number of carbonyl (C=O) groups excluding carboxylic acids is 2. The van der Waals surface area contributed by atoms with Crippen molar-refractivity contribution in [2.75, 3.05) is 26.7 Å². The highest BCUT2D eigenvalue weighted by Crippen LogP contribution is 2.01. The van der Waals surface area contributed by atoms with Crippen molar-refractivity contribution in [2.24, 2.45) is 5.92 Å². The molecule has 0 spiro atoms. The van der Waals surface area contributed by atoms with Crippen LogP contribution in [0.15, 0.2) is 0 Å². The van der Waals surface area contributed by atoms with Crippen molar-refractivity contribution < 1.29 is 19.5 Å². The summed E-state index contributed by atoms with van der Waals surface area (Å²) < 4.78 is 0. The van der Waals surface area contributed by atoms with Gasteiger partial charge in [-0.1, -0.05) is 13.8 Å². The number of rotatable bonds is 8. The Kier molecular flexibility index (Phi) is 8.32. The number of carboxylic acids is 1. The second-order valence-corrected chi connectivity index (χ2v) is 4.22. The van der Waals surface area contributed by atoms with Gasteiger partial charge in [0.1, 0.15) is 6.54 Å². The van der Waals surface area contributed by atoms with E-state index in [0.29, 0.717) is 13.0 Å². The summed E-state index contributed by atoms with van der Waals surface area (Å²) in [7, 11) is 1.50. The molecule has 0 aromatic carbocycles. The van der Waals surface area contributed by atoms with Crippen LogP contribution in [0.5, 0.6) is 0 Å². The topological polar surface area (TPSA) is 98.7 Å². The molecule has 3 amide bonds. The largest absolute Gasteiger partial charge is 0.481 e. The van der Waals surface area contributed by atoms with Gasteiger partial charge in [0.25, 0.3) is 0 Å². The first-order valence-electron chi connectivity index (χ1n) is 6.42. The second-order valence-electron chi connectivity index (χ2n) is 4.22. The summed E-state index contributed by atoms with van der Waals surface area (Å²) in [6.07, 6.45) is 1.17. The van der Waals surface area contributed by atoms with E-state index in [1.54, 1.807) is 6.92 Å². The maximum atomic E-state index is 11.9. The predicted molar refractivity (Wildman–Crippen MR) is 70.7 cm³/mol. The van der Waals surface area contributed by atoms with Crippen molar-refractivity contribution in [1.82, 2.24) is 15.5 Å². The van der Waals surface area contributed by atoms with E-state index < -0.39 is 17.9 Å². The standard InChI is InChI=1S/C12H23N3O4/c1-4-6-15(8-10(16)13-3)12(19)14-7-9(5-2)11(17)18/h9H,4-8H2,1-3H3,(H,13,16)(H,14,19)(H,17,18). The normalized spacial score (nSPS) is 11.5. The third-order valence-corrected chi connectivity index (χ3v) is 2.74. The van der Waals surface area contributed by atoms with Gasteiger partial charge in [-0.05, 0) is 12.8 Å². The Hall–Kier alpha value is -1.79. The molecule has 0 radical (unpaired) electrons. The molecular weight excluding hydrogens is 250 g/mol. The summed E-state index contributed by atoms with van der Waals surface area (Å²) in [5, 5.41) is 13.9. The van der Waals surface area contributed by atoms with Gasteiger partial charge in [0.05, 0.1) is 5.92 Å². The Bertz CT molecular complexity index is 320. The number of amides is 3. The van der Waals surface area contributed by atoms with Crippen LogP contribution in [-0.4, -0.2) is 54.6 Å². The fraction of sp³-hybridized carbons (Fsp3) is 0.750. The maximum absolute atomic E-state index is 11.9. The number of hydrogen-bond donors (Lipinski definition) is 3. The molecule has 7 heteroatoms. The Morgan fingerprint density at radius 2 is 1.89 bits per heavy atom. The van der Waals surface area contributed by atoms with E-state index in [4.69, 9.17) is 5.11 Å². The van der Waals surface area contributed by atoms with Crippen LogP contribution in [0.2, 0.25) is 0 Å². The lowest BCUT2D eigenvalue weighted by Gasteiger charge is -2.22. The summed E-state index contributed by atoms with van der Waals surface area (Å²) >= 11 is 0. The number of urea groups is 1. The lowest BCUT2D eigenvalue weighted by atomic mass is 10.1. The van der Waals surface area contributed by atoms with Gasteiger partial charge in [-0.25, -0.2) is 4.79 Å². The van der Waals surface area contributed by atoms with Crippen LogP contribution >= 0.6 is 0 Å². The molecule has 0 aliphatic rings. The molecule has 7 nitrogen and oxygen atoms in total. The molecule has 0 heterocycles. The minimum absolute atomic E-state index is 0.0277. The highest BCUT2D eigenvalue weighted by Gasteiger charge is 2.19. The molecule has 19 heavy (non-hydrogen) atoms. The first kappa shape index (κ1) is 17.2. The SMILES string of the molecule is CCCN(CC(=O)NC)C(=O)NCC(CC)C(=O)O. The van der Waals surface area contributed by atoms with E-state index in [9.17, 15) is 14.4 Å². The molecule has 1 unspecified atom stereocenters. The van der Waals surface area contributed by atoms with Crippen LogP contribution in [0.3, 0.4) is 0 Å². The van der Waals surface area contributed by atoms with Crippen LogP contribution in [0.25, 0.3) is 0 Å². The minimum Gasteiger partial charge on any atom is -0.481 e. The number of carbonyl (C=O) groups is 3. The minimum atomic E-state index is -0.934. The zero-order valence-corrected chi connectivity index (χ0v) is 11.7. The molecule has 1 atom stereocenters. The van der Waals surface area contributed by atoms with Crippen molar-refractivity contribution >= 4 is 17.9 Å². The lowest BCUT2D eigenvalue weighted by molar-refractivity contribution is -0.141. The Morgan fingerprint density at radius 1 is 1.26 bits per heavy atom. The highest BCUT2D eigenvalue weighted by molar-refractivity contribution is 5.84. The van der Waals surface area contributed by atoms with Gasteiger partial charge in [-0.3, -0.25) is 9.59 Å². The third kappa shape index (κ3) is 6.64. The van der Waals surface area contributed by atoms with Crippen molar-refractivity contribution in [3.63, 3.8) is 0 Å². The smallest absolute Gasteiger partial charge is 0.317 e. The molecule has 0 saturated heterocycles. The molecular formula is C12H23N3O4. The highest BCUT2D eigenvalue weighted by atomic mass is 16.4. The monoisotopic (exact) mass is 273 g/mol. The number of hydrogen-bond acceptors (Lipinski definition) is 3. The fourth-order valence-corrected chi connectivity index (χ4v) is 1.50. The Balaban J connectivity index is 4.39. The fourth-order valence-electron chi connectivity index (χ4n) is 1.50. The van der Waals surface area contributed by atoms with E-state index in [0.717, 1.165) is 6.42 Å². The molecule has 0 aromatic heterocycles. The van der Waals surface area contributed by atoms with Crippen LogP contribution < -0.4 is 10.6 Å². The second kappa shape index (κ2) is 9.18. The average molecular weight is 273 g/mol. The van der Waals surface area contributed by atoms with E-state index >= 15 is 0 Å². The first-order valence-corrected chi connectivity index (χ1v) is 6.42. The van der Waals surface area contributed by atoms with E-state index in [1.807, 2.05) is 6.92 Å². The summed E-state index contributed by atoms with van der Waals surface area (Å²) in [5.41, 5.74) is 0. The van der Waals surface area contributed by atoms with Crippen molar-refractivity contribution in [1.29, 1.82) is 0 Å². The number of carboxylic acid groups (broad SMARTS) is 1. The molecule has 0 saturated carbocycles. The zero-order valence-electron chi connectivity index (χ0n) is 11.7. The van der Waals surface area contributed by atoms with Gasteiger partial charge in [0.15, 0.2) is 0 Å². The number of aliphatic carboxylic acids is 1. The van der Waals surface area contributed by atoms with Gasteiger partial charge < -0.3 is 20.6 Å². The lowest BCUT2D eigenvalue weighted by Crippen LogP contribution is -2.47. The van der Waals surface area contributed by atoms with Gasteiger partial charge in [-0.15, -0.1) is 0 Å². The molecule has 0 fully saturated rings. The van der Waals surface area contributed by atoms with Crippen molar-refractivity contribution in [3.05, 3.63) is 0 Å². The van der Waals surface area contributed by atoms with Crippen molar-refractivity contribution in [2.45, 2.75) is 26.7 Å². The summed E-state index contributed by atoms with van der Waals surface area (Å²) in [4.78, 5) is 35.3. The number of likely N-dealkylation sites (N-methyl/N-ethyl adjacent to an activating group) is 1. The molecule has 0 rings (SSSR count). The molecule has 0 bridgehead atoms. The van der Waals surface area contributed by atoms with Gasteiger partial charge in [0.2, 0.25) is 5.91 Å². The maximum Gasteiger partial charge on any atom is 0.317 e. The van der Waals surface area contributed by atoms with Crippen molar-refractivity contribution in [3.8, 4) is 0 Å².